The highest BCUT2D eigenvalue weighted by atomic mass is 127. The van der Waals surface area contributed by atoms with Crippen molar-refractivity contribution in [2.24, 2.45) is 0 Å². The summed E-state index contributed by atoms with van der Waals surface area (Å²) in [5, 5.41) is 3.33. The van der Waals surface area contributed by atoms with Gasteiger partial charge in [-0.25, -0.2) is 9.97 Å². The molecule has 2 rings (SSSR count). The van der Waals surface area contributed by atoms with Crippen LogP contribution in [0, 0.1) is 3.57 Å². The van der Waals surface area contributed by atoms with Crippen molar-refractivity contribution >= 4 is 28.4 Å². The summed E-state index contributed by atoms with van der Waals surface area (Å²) >= 11 is 2.32. The zero-order valence-electron chi connectivity index (χ0n) is 12.3. The van der Waals surface area contributed by atoms with E-state index < -0.39 is 5.60 Å². The molecule has 0 unspecified atom stereocenters. The second-order valence-electron chi connectivity index (χ2n) is 4.85. The smallest absolute Gasteiger partial charge is 0.163 e. The van der Waals surface area contributed by atoms with E-state index in [1.807, 2.05) is 0 Å². The Morgan fingerprint density at radius 1 is 1.30 bits per heavy atom. The number of nitrogens with one attached hydrogen (secondary N) is 1. The molecule has 0 radical (unpaired) electrons. The molecule has 0 aromatic carbocycles. The summed E-state index contributed by atoms with van der Waals surface area (Å²) < 4.78 is 12.4. The van der Waals surface area contributed by atoms with Gasteiger partial charge in [0, 0.05) is 39.7 Å². The second-order valence-corrected chi connectivity index (χ2v) is 5.93. The van der Waals surface area contributed by atoms with Crippen molar-refractivity contribution < 1.29 is 9.47 Å². The molecule has 1 aliphatic heterocycles. The first-order valence-corrected chi connectivity index (χ1v) is 8.18. The lowest BCUT2D eigenvalue weighted by Gasteiger charge is -2.34. The first-order valence-electron chi connectivity index (χ1n) is 7.10. The van der Waals surface area contributed by atoms with Gasteiger partial charge in [0.25, 0.3) is 0 Å². The summed E-state index contributed by atoms with van der Waals surface area (Å²) in [5.74, 6) is 1.70. The SMILES string of the molecule is CCNc1nc(C2(OC)CCOCC2)nc(CC)c1I. The van der Waals surface area contributed by atoms with Crippen molar-refractivity contribution in [2.45, 2.75) is 38.7 Å². The highest BCUT2D eigenvalue weighted by molar-refractivity contribution is 14.1. The van der Waals surface area contributed by atoms with Crippen LogP contribution in [0.1, 0.15) is 38.2 Å². The van der Waals surface area contributed by atoms with E-state index in [0.717, 1.165) is 46.7 Å². The average molecular weight is 391 g/mol. The zero-order chi connectivity index (χ0) is 14.6. The van der Waals surface area contributed by atoms with Crippen LogP contribution in [0.25, 0.3) is 0 Å². The first-order chi connectivity index (χ1) is 9.66. The number of aromatic nitrogens is 2. The monoisotopic (exact) mass is 391 g/mol. The summed E-state index contributed by atoms with van der Waals surface area (Å²) in [5.41, 5.74) is 0.672. The van der Waals surface area contributed by atoms with E-state index in [4.69, 9.17) is 19.4 Å². The number of aryl methyl sites for hydroxylation is 1. The molecule has 20 heavy (non-hydrogen) atoms. The number of rotatable bonds is 5. The first kappa shape index (κ1) is 15.9. The number of hydrogen-bond donors (Lipinski definition) is 1. The lowest BCUT2D eigenvalue weighted by Crippen LogP contribution is -2.38. The highest BCUT2D eigenvalue weighted by Crippen LogP contribution is 2.35. The summed E-state index contributed by atoms with van der Waals surface area (Å²) in [6.45, 7) is 6.43. The van der Waals surface area contributed by atoms with E-state index in [1.54, 1.807) is 7.11 Å². The normalized spacial score (nSPS) is 18.0. The maximum Gasteiger partial charge on any atom is 0.163 e. The van der Waals surface area contributed by atoms with Crippen molar-refractivity contribution in [3.8, 4) is 0 Å². The largest absolute Gasteiger partial charge is 0.381 e. The molecular weight excluding hydrogens is 369 g/mol. The number of anilines is 1. The molecule has 1 aromatic rings. The van der Waals surface area contributed by atoms with Crippen LogP contribution in [-0.4, -0.2) is 36.8 Å². The maximum absolute atomic E-state index is 5.80. The summed E-state index contributed by atoms with van der Waals surface area (Å²) in [7, 11) is 1.74. The van der Waals surface area contributed by atoms with Gasteiger partial charge < -0.3 is 14.8 Å². The predicted molar refractivity (Wildman–Crippen MR) is 87.0 cm³/mol. The van der Waals surface area contributed by atoms with E-state index in [-0.39, 0.29) is 0 Å². The Morgan fingerprint density at radius 3 is 2.55 bits per heavy atom. The Balaban J connectivity index is 2.46. The van der Waals surface area contributed by atoms with Crippen LogP contribution >= 0.6 is 22.6 Å². The Morgan fingerprint density at radius 2 is 2.00 bits per heavy atom. The fraction of sp³-hybridized carbons (Fsp3) is 0.714. The molecule has 0 saturated carbocycles. The molecule has 0 spiro atoms. The average Bonchev–Trinajstić information content (AvgIpc) is 2.50. The zero-order valence-corrected chi connectivity index (χ0v) is 14.5. The molecule has 1 saturated heterocycles. The Bertz CT molecular complexity index is 462. The van der Waals surface area contributed by atoms with Crippen molar-refractivity contribution in [1.82, 2.24) is 9.97 Å². The third-order valence-electron chi connectivity index (χ3n) is 3.70. The molecule has 0 bridgehead atoms. The van der Waals surface area contributed by atoms with Crippen LogP contribution < -0.4 is 5.32 Å². The van der Waals surface area contributed by atoms with Crippen molar-refractivity contribution in [3.05, 3.63) is 15.1 Å². The number of halogens is 1. The third kappa shape index (κ3) is 3.07. The van der Waals surface area contributed by atoms with Crippen molar-refractivity contribution in [2.75, 3.05) is 32.2 Å². The Labute approximate surface area is 134 Å². The molecule has 0 amide bonds. The van der Waals surface area contributed by atoms with E-state index in [0.29, 0.717) is 13.2 Å². The van der Waals surface area contributed by atoms with Gasteiger partial charge in [-0.15, -0.1) is 0 Å². The number of hydrogen-bond acceptors (Lipinski definition) is 5. The molecule has 0 atom stereocenters. The highest BCUT2D eigenvalue weighted by Gasteiger charge is 2.38. The lowest BCUT2D eigenvalue weighted by molar-refractivity contribution is -0.1000. The minimum atomic E-state index is -0.406. The summed E-state index contributed by atoms with van der Waals surface area (Å²) in [4.78, 5) is 9.49. The number of nitrogens with zero attached hydrogens (tertiary/aromatic N) is 2. The molecule has 1 aliphatic rings. The van der Waals surface area contributed by atoms with E-state index >= 15 is 0 Å². The van der Waals surface area contributed by atoms with Crippen LogP contribution in [0.15, 0.2) is 0 Å². The Kier molecular flexibility index (Phi) is 5.57. The lowest BCUT2D eigenvalue weighted by atomic mass is 9.93. The topological polar surface area (TPSA) is 56.3 Å². The molecule has 2 heterocycles. The van der Waals surface area contributed by atoms with Gasteiger partial charge in [0.15, 0.2) is 5.82 Å². The van der Waals surface area contributed by atoms with Gasteiger partial charge in [-0.2, -0.15) is 0 Å². The molecular formula is C14H22IN3O2. The summed E-state index contributed by atoms with van der Waals surface area (Å²) in [6, 6.07) is 0. The van der Waals surface area contributed by atoms with Crippen LogP contribution in [0.2, 0.25) is 0 Å². The van der Waals surface area contributed by atoms with Gasteiger partial charge in [0.1, 0.15) is 11.4 Å². The van der Waals surface area contributed by atoms with Crippen molar-refractivity contribution in [1.29, 1.82) is 0 Å². The van der Waals surface area contributed by atoms with Crippen molar-refractivity contribution in [3.63, 3.8) is 0 Å². The molecule has 1 N–H and O–H groups in total. The second kappa shape index (κ2) is 7.00. The van der Waals surface area contributed by atoms with Crippen LogP contribution in [-0.2, 0) is 21.5 Å². The van der Waals surface area contributed by atoms with Gasteiger partial charge in [-0.05, 0) is 35.9 Å². The van der Waals surface area contributed by atoms with Gasteiger partial charge in [0.05, 0.1) is 9.26 Å². The maximum atomic E-state index is 5.80. The van der Waals surface area contributed by atoms with Gasteiger partial charge in [0.2, 0.25) is 0 Å². The predicted octanol–water partition coefficient (Wildman–Crippen LogP) is 2.73. The van der Waals surface area contributed by atoms with Crippen LogP contribution in [0.5, 0.6) is 0 Å². The quantitative estimate of drug-likeness (QED) is 0.783. The standard InChI is InChI=1S/C14H22IN3O2/c1-4-10-11(15)12(16-5-2)18-13(17-10)14(19-3)6-8-20-9-7-14/h4-9H2,1-3H3,(H,16,17,18). The Hall–Kier alpha value is -0.470. The minimum absolute atomic E-state index is 0.406. The van der Waals surface area contributed by atoms with Gasteiger partial charge in [-0.1, -0.05) is 6.92 Å². The minimum Gasteiger partial charge on any atom is -0.381 e. The fourth-order valence-corrected chi connectivity index (χ4v) is 3.25. The fourth-order valence-electron chi connectivity index (χ4n) is 2.44. The third-order valence-corrected chi connectivity index (χ3v) is 4.83. The molecule has 1 aromatic heterocycles. The molecule has 1 fully saturated rings. The van der Waals surface area contributed by atoms with E-state index in [1.165, 1.54) is 0 Å². The van der Waals surface area contributed by atoms with E-state index in [9.17, 15) is 0 Å². The molecule has 5 nitrogen and oxygen atoms in total. The van der Waals surface area contributed by atoms with Gasteiger partial charge >= 0.3 is 0 Å². The molecule has 6 heteroatoms. The number of ether oxygens (including phenoxy) is 2. The molecule has 0 aliphatic carbocycles. The number of methoxy groups -OCH3 is 1. The van der Waals surface area contributed by atoms with Crippen LogP contribution in [0.4, 0.5) is 5.82 Å². The van der Waals surface area contributed by atoms with Crippen LogP contribution in [0.3, 0.4) is 0 Å². The van der Waals surface area contributed by atoms with Gasteiger partial charge in [-0.3, -0.25) is 0 Å². The molecule has 112 valence electrons. The summed E-state index contributed by atoms with van der Waals surface area (Å²) in [6.07, 6.45) is 2.50. The van der Waals surface area contributed by atoms with E-state index in [2.05, 4.69) is 41.8 Å².